The molecule has 0 unspecified atom stereocenters. The zero-order valence-corrected chi connectivity index (χ0v) is 10.8. The van der Waals surface area contributed by atoms with E-state index in [0.29, 0.717) is 22.6 Å². The molecule has 0 bridgehead atoms. The third-order valence-corrected chi connectivity index (χ3v) is 2.88. The number of rotatable bonds is 4. The maximum atomic E-state index is 11.0. The van der Waals surface area contributed by atoms with Gasteiger partial charge in [-0.25, -0.2) is 0 Å². The molecule has 1 heterocycles. The van der Waals surface area contributed by atoms with Crippen molar-refractivity contribution in [1.29, 1.82) is 0 Å². The molecule has 5 heteroatoms. The van der Waals surface area contributed by atoms with Crippen LogP contribution in [0.3, 0.4) is 0 Å². The van der Waals surface area contributed by atoms with Gasteiger partial charge >= 0.3 is 0 Å². The van der Waals surface area contributed by atoms with Crippen molar-refractivity contribution in [2.75, 3.05) is 0 Å². The number of hydrogen-bond acceptors (Lipinski definition) is 4. The maximum Gasteiger partial charge on any atom is 0.278 e. The summed E-state index contributed by atoms with van der Waals surface area (Å²) in [6.45, 7) is 3.60. The largest absolute Gasteiger partial charge is 0.487 e. The van der Waals surface area contributed by atoms with Gasteiger partial charge in [0.25, 0.3) is 5.69 Å². The first-order valence-corrected chi connectivity index (χ1v) is 5.87. The monoisotopic (exact) mass is 258 g/mol. The normalized spacial score (nSPS) is 10.2. The zero-order chi connectivity index (χ0) is 13.8. The molecule has 19 heavy (non-hydrogen) atoms. The average molecular weight is 258 g/mol. The molecule has 0 saturated carbocycles. The summed E-state index contributed by atoms with van der Waals surface area (Å²) in [7, 11) is 0. The van der Waals surface area contributed by atoms with E-state index in [4.69, 9.17) is 4.74 Å². The standard InChI is InChI=1S/C14H14N2O3/c1-10-8-15-13(11(2)14(10)16(17)18)9-19-12-6-4-3-5-7-12/h3-8H,9H2,1-2H3. The molecule has 0 saturated heterocycles. The Balaban J connectivity index is 2.22. The van der Waals surface area contributed by atoms with Crippen LogP contribution in [-0.4, -0.2) is 9.91 Å². The lowest BCUT2D eigenvalue weighted by molar-refractivity contribution is -0.386. The first kappa shape index (κ1) is 13.0. The Bertz CT molecular complexity index is 597. The summed E-state index contributed by atoms with van der Waals surface area (Å²) in [5, 5.41) is 11.0. The van der Waals surface area contributed by atoms with E-state index in [2.05, 4.69) is 4.98 Å². The van der Waals surface area contributed by atoms with Crippen molar-refractivity contribution in [2.45, 2.75) is 20.5 Å². The highest BCUT2D eigenvalue weighted by Gasteiger charge is 2.18. The van der Waals surface area contributed by atoms with E-state index in [-0.39, 0.29) is 17.2 Å². The van der Waals surface area contributed by atoms with E-state index in [1.165, 1.54) is 6.20 Å². The molecule has 0 radical (unpaired) electrons. The Kier molecular flexibility index (Phi) is 3.75. The summed E-state index contributed by atoms with van der Waals surface area (Å²) in [6, 6.07) is 9.30. The Morgan fingerprint density at radius 2 is 1.95 bits per heavy atom. The van der Waals surface area contributed by atoms with Crippen LogP contribution < -0.4 is 4.74 Å². The summed E-state index contributed by atoms with van der Waals surface area (Å²) >= 11 is 0. The number of aromatic nitrogens is 1. The van der Waals surface area contributed by atoms with Crippen molar-refractivity contribution in [3.8, 4) is 5.75 Å². The predicted molar refractivity (Wildman–Crippen MR) is 71.1 cm³/mol. The van der Waals surface area contributed by atoms with Crippen LogP contribution in [0.5, 0.6) is 5.75 Å². The second-order valence-electron chi connectivity index (χ2n) is 4.22. The molecule has 1 aromatic heterocycles. The summed E-state index contributed by atoms with van der Waals surface area (Å²) in [4.78, 5) is 14.8. The number of para-hydroxylation sites is 1. The fourth-order valence-electron chi connectivity index (χ4n) is 1.86. The number of aryl methyl sites for hydroxylation is 1. The number of ether oxygens (including phenoxy) is 1. The van der Waals surface area contributed by atoms with Gasteiger partial charge in [-0.15, -0.1) is 0 Å². The Morgan fingerprint density at radius 1 is 1.26 bits per heavy atom. The lowest BCUT2D eigenvalue weighted by Gasteiger charge is -2.09. The molecule has 0 aliphatic rings. The average Bonchev–Trinajstić information content (AvgIpc) is 2.38. The zero-order valence-electron chi connectivity index (χ0n) is 10.8. The third-order valence-electron chi connectivity index (χ3n) is 2.88. The van der Waals surface area contributed by atoms with Crippen LogP contribution in [0.4, 0.5) is 5.69 Å². The fourth-order valence-corrected chi connectivity index (χ4v) is 1.86. The van der Waals surface area contributed by atoms with Gasteiger partial charge < -0.3 is 4.74 Å². The Hall–Kier alpha value is -2.43. The molecule has 98 valence electrons. The van der Waals surface area contributed by atoms with Crippen molar-refractivity contribution in [3.05, 3.63) is 63.5 Å². The number of benzene rings is 1. The molecule has 0 aliphatic heterocycles. The van der Waals surface area contributed by atoms with Gasteiger partial charge in [0.1, 0.15) is 12.4 Å². The van der Waals surface area contributed by atoms with E-state index in [9.17, 15) is 10.1 Å². The molecular formula is C14H14N2O3. The second kappa shape index (κ2) is 5.48. The van der Waals surface area contributed by atoms with Crippen LogP contribution in [0.2, 0.25) is 0 Å². The minimum atomic E-state index is -0.377. The van der Waals surface area contributed by atoms with E-state index in [1.807, 2.05) is 30.3 Å². The molecule has 0 N–H and O–H groups in total. The highest BCUT2D eigenvalue weighted by Crippen LogP contribution is 2.24. The molecule has 0 spiro atoms. The topological polar surface area (TPSA) is 65.3 Å². The van der Waals surface area contributed by atoms with Crippen molar-refractivity contribution in [2.24, 2.45) is 0 Å². The van der Waals surface area contributed by atoms with Gasteiger partial charge in [0.05, 0.1) is 16.2 Å². The van der Waals surface area contributed by atoms with Gasteiger partial charge in [-0.05, 0) is 26.0 Å². The van der Waals surface area contributed by atoms with Crippen LogP contribution >= 0.6 is 0 Å². The highest BCUT2D eigenvalue weighted by molar-refractivity contribution is 5.47. The van der Waals surface area contributed by atoms with Gasteiger partial charge in [0.2, 0.25) is 0 Å². The van der Waals surface area contributed by atoms with Gasteiger partial charge in [0.15, 0.2) is 0 Å². The summed E-state index contributed by atoms with van der Waals surface area (Å²) < 4.78 is 5.56. The van der Waals surface area contributed by atoms with Crippen LogP contribution in [0.15, 0.2) is 36.5 Å². The number of hydrogen-bond donors (Lipinski definition) is 0. The van der Waals surface area contributed by atoms with Crippen LogP contribution in [0.25, 0.3) is 0 Å². The highest BCUT2D eigenvalue weighted by atomic mass is 16.6. The van der Waals surface area contributed by atoms with Crippen LogP contribution in [0.1, 0.15) is 16.8 Å². The van der Waals surface area contributed by atoms with Crippen molar-refractivity contribution >= 4 is 5.69 Å². The molecule has 1 aromatic carbocycles. The molecule has 0 fully saturated rings. The van der Waals surface area contributed by atoms with E-state index in [0.717, 1.165) is 0 Å². The summed E-state index contributed by atoms with van der Waals surface area (Å²) in [6.07, 6.45) is 1.51. The minimum absolute atomic E-state index is 0.113. The van der Waals surface area contributed by atoms with E-state index < -0.39 is 0 Å². The van der Waals surface area contributed by atoms with Crippen LogP contribution in [0, 0.1) is 24.0 Å². The molecule has 5 nitrogen and oxygen atoms in total. The first-order chi connectivity index (χ1) is 9.09. The van der Waals surface area contributed by atoms with Crippen LogP contribution in [-0.2, 0) is 6.61 Å². The first-order valence-electron chi connectivity index (χ1n) is 5.87. The Labute approximate surface area is 111 Å². The lowest BCUT2D eigenvalue weighted by Crippen LogP contribution is -2.05. The van der Waals surface area contributed by atoms with Gasteiger partial charge in [-0.2, -0.15) is 0 Å². The van der Waals surface area contributed by atoms with Crippen molar-refractivity contribution < 1.29 is 9.66 Å². The second-order valence-corrected chi connectivity index (χ2v) is 4.22. The molecule has 0 amide bonds. The maximum absolute atomic E-state index is 11.0. The third kappa shape index (κ3) is 2.88. The number of pyridine rings is 1. The van der Waals surface area contributed by atoms with Gasteiger partial charge in [-0.1, -0.05) is 18.2 Å². The Morgan fingerprint density at radius 3 is 2.58 bits per heavy atom. The molecular weight excluding hydrogens is 244 g/mol. The number of nitrogens with zero attached hydrogens (tertiary/aromatic N) is 2. The van der Waals surface area contributed by atoms with Crippen molar-refractivity contribution in [3.63, 3.8) is 0 Å². The fraction of sp³-hybridized carbons (Fsp3) is 0.214. The molecule has 0 aliphatic carbocycles. The smallest absolute Gasteiger partial charge is 0.278 e. The van der Waals surface area contributed by atoms with E-state index >= 15 is 0 Å². The number of nitro groups is 1. The molecule has 0 atom stereocenters. The van der Waals surface area contributed by atoms with Gasteiger partial charge in [0, 0.05) is 11.8 Å². The summed E-state index contributed by atoms with van der Waals surface area (Å²) in [5.74, 6) is 0.715. The molecule has 2 aromatic rings. The van der Waals surface area contributed by atoms with Gasteiger partial charge in [-0.3, -0.25) is 15.1 Å². The summed E-state index contributed by atoms with van der Waals surface area (Å²) in [5.41, 5.74) is 1.81. The lowest BCUT2D eigenvalue weighted by atomic mass is 10.1. The quantitative estimate of drug-likeness (QED) is 0.624. The van der Waals surface area contributed by atoms with E-state index in [1.54, 1.807) is 13.8 Å². The predicted octanol–water partition coefficient (Wildman–Crippen LogP) is 3.19. The molecule has 2 rings (SSSR count). The van der Waals surface area contributed by atoms with Crippen molar-refractivity contribution in [1.82, 2.24) is 4.98 Å². The SMILES string of the molecule is Cc1cnc(COc2ccccc2)c(C)c1[N+](=O)[O-]. The minimum Gasteiger partial charge on any atom is -0.487 e.